The Morgan fingerprint density at radius 3 is 2.81 bits per heavy atom. The van der Waals surface area contributed by atoms with Gasteiger partial charge in [-0.25, -0.2) is 0 Å². The van der Waals surface area contributed by atoms with Crippen molar-refractivity contribution in [2.45, 2.75) is 39.8 Å². The van der Waals surface area contributed by atoms with Crippen LogP contribution in [0.25, 0.3) is 10.7 Å². The van der Waals surface area contributed by atoms with E-state index in [1.54, 1.807) is 23.3 Å². The molecular weight excluding hydrogens is 362 g/mol. The highest BCUT2D eigenvalue weighted by molar-refractivity contribution is 7.13. The molecule has 0 saturated heterocycles. The van der Waals surface area contributed by atoms with Crippen molar-refractivity contribution < 1.29 is 14.1 Å². The first-order valence-electron chi connectivity index (χ1n) is 8.83. The van der Waals surface area contributed by atoms with E-state index in [0.29, 0.717) is 18.1 Å². The highest BCUT2D eigenvalue weighted by atomic mass is 32.1. The minimum Gasteiger partial charge on any atom is -0.480 e. The lowest BCUT2D eigenvalue weighted by Crippen LogP contribution is -2.39. The molecule has 0 saturated carbocycles. The average molecular weight is 385 g/mol. The van der Waals surface area contributed by atoms with Crippen molar-refractivity contribution in [3.05, 3.63) is 52.7 Å². The molecule has 0 aliphatic rings. The zero-order valence-corrected chi connectivity index (χ0v) is 16.7. The molecule has 27 heavy (non-hydrogen) atoms. The SMILES string of the molecule is CCC(Oc1ccc(C)cc1C)C(=O)N(C)Cc1nc(-c2cccs2)no1. The molecule has 0 aliphatic carbocycles. The minimum atomic E-state index is -0.559. The molecule has 6 nitrogen and oxygen atoms in total. The van der Waals surface area contributed by atoms with Crippen LogP contribution in [0.3, 0.4) is 0 Å². The molecule has 142 valence electrons. The Morgan fingerprint density at radius 2 is 2.15 bits per heavy atom. The molecular formula is C20H23N3O3S. The van der Waals surface area contributed by atoms with E-state index in [1.807, 2.05) is 56.5 Å². The number of aryl methyl sites for hydroxylation is 2. The van der Waals surface area contributed by atoms with Crippen LogP contribution < -0.4 is 4.74 Å². The van der Waals surface area contributed by atoms with Gasteiger partial charge in [0.25, 0.3) is 5.91 Å². The number of ether oxygens (including phenoxy) is 1. The van der Waals surface area contributed by atoms with Crippen LogP contribution in [0.2, 0.25) is 0 Å². The van der Waals surface area contributed by atoms with Crippen LogP contribution in [0.1, 0.15) is 30.4 Å². The van der Waals surface area contributed by atoms with Gasteiger partial charge in [0.05, 0.1) is 11.4 Å². The number of benzene rings is 1. The number of likely N-dealkylation sites (N-methyl/N-ethyl adjacent to an activating group) is 1. The molecule has 0 fully saturated rings. The van der Waals surface area contributed by atoms with Crippen LogP contribution in [0.15, 0.2) is 40.2 Å². The Kier molecular flexibility index (Phi) is 5.91. The molecule has 0 radical (unpaired) electrons. The fourth-order valence-corrected chi connectivity index (χ4v) is 3.39. The van der Waals surface area contributed by atoms with Crippen LogP contribution in [0.5, 0.6) is 5.75 Å². The van der Waals surface area contributed by atoms with Crippen molar-refractivity contribution >= 4 is 17.2 Å². The molecule has 0 bridgehead atoms. The van der Waals surface area contributed by atoms with Crippen molar-refractivity contribution in [3.63, 3.8) is 0 Å². The standard InChI is InChI=1S/C20H23N3O3S/c1-5-15(25-16-9-8-13(2)11-14(16)3)20(24)23(4)12-18-21-19(22-26-18)17-7-6-10-27-17/h6-11,15H,5,12H2,1-4H3. The largest absolute Gasteiger partial charge is 0.480 e. The zero-order valence-electron chi connectivity index (χ0n) is 15.9. The molecule has 2 heterocycles. The lowest BCUT2D eigenvalue weighted by atomic mass is 10.1. The molecule has 0 aliphatic heterocycles. The summed E-state index contributed by atoms with van der Waals surface area (Å²) in [5.74, 6) is 1.55. The van der Waals surface area contributed by atoms with Gasteiger partial charge in [-0.3, -0.25) is 4.79 Å². The number of hydrogen-bond acceptors (Lipinski definition) is 6. The maximum absolute atomic E-state index is 12.8. The van der Waals surface area contributed by atoms with E-state index >= 15 is 0 Å². The van der Waals surface area contributed by atoms with Crippen LogP contribution in [0.4, 0.5) is 0 Å². The maximum Gasteiger partial charge on any atom is 0.263 e. The summed E-state index contributed by atoms with van der Waals surface area (Å²) >= 11 is 1.54. The zero-order chi connectivity index (χ0) is 19.4. The van der Waals surface area contributed by atoms with Gasteiger partial charge in [0.15, 0.2) is 6.10 Å². The molecule has 1 aromatic carbocycles. The van der Waals surface area contributed by atoms with E-state index in [9.17, 15) is 4.79 Å². The summed E-state index contributed by atoms with van der Waals surface area (Å²) in [5.41, 5.74) is 2.18. The highest BCUT2D eigenvalue weighted by Gasteiger charge is 2.24. The van der Waals surface area contributed by atoms with Gasteiger partial charge < -0.3 is 14.2 Å². The predicted molar refractivity (Wildman–Crippen MR) is 105 cm³/mol. The Morgan fingerprint density at radius 1 is 1.33 bits per heavy atom. The van der Waals surface area contributed by atoms with Crippen molar-refractivity contribution in [1.82, 2.24) is 15.0 Å². The van der Waals surface area contributed by atoms with Crippen LogP contribution in [-0.2, 0) is 11.3 Å². The number of nitrogens with zero attached hydrogens (tertiary/aromatic N) is 3. The quantitative estimate of drug-likeness (QED) is 0.609. The normalized spacial score (nSPS) is 12.0. The molecule has 3 rings (SSSR count). The van der Waals surface area contributed by atoms with E-state index in [4.69, 9.17) is 9.26 Å². The van der Waals surface area contributed by atoms with E-state index in [2.05, 4.69) is 10.1 Å². The van der Waals surface area contributed by atoms with E-state index < -0.39 is 6.10 Å². The van der Waals surface area contributed by atoms with E-state index in [0.717, 1.165) is 21.8 Å². The van der Waals surface area contributed by atoms with Gasteiger partial charge in [0.1, 0.15) is 5.75 Å². The fourth-order valence-electron chi connectivity index (χ4n) is 2.74. The summed E-state index contributed by atoms with van der Waals surface area (Å²) in [6, 6.07) is 9.79. The third-order valence-electron chi connectivity index (χ3n) is 4.20. The van der Waals surface area contributed by atoms with Gasteiger partial charge in [-0.05, 0) is 43.3 Å². The Labute approximate surface area is 162 Å². The predicted octanol–water partition coefficient (Wildman–Crippen LogP) is 4.23. The highest BCUT2D eigenvalue weighted by Crippen LogP contribution is 2.23. The summed E-state index contributed by atoms with van der Waals surface area (Å²) < 4.78 is 11.3. The molecule has 1 atom stereocenters. The number of carbonyl (C=O) groups excluding carboxylic acids is 1. The molecule has 1 unspecified atom stereocenters. The topological polar surface area (TPSA) is 68.5 Å². The second-order valence-electron chi connectivity index (χ2n) is 6.47. The monoisotopic (exact) mass is 385 g/mol. The lowest BCUT2D eigenvalue weighted by Gasteiger charge is -2.23. The van der Waals surface area contributed by atoms with Gasteiger partial charge in [0.2, 0.25) is 11.7 Å². The number of aromatic nitrogens is 2. The summed E-state index contributed by atoms with van der Waals surface area (Å²) in [5, 5.41) is 5.93. The second kappa shape index (κ2) is 8.35. The minimum absolute atomic E-state index is 0.117. The van der Waals surface area contributed by atoms with Gasteiger partial charge in [-0.1, -0.05) is 35.8 Å². The van der Waals surface area contributed by atoms with Crippen LogP contribution in [0, 0.1) is 13.8 Å². The number of hydrogen-bond donors (Lipinski definition) is 0. The third-order valence-corrected chi connectivity index (χ3v) is 5.07. The summed E-state index contributed by atoms with van der Waals surface area (Å²) in [4.78, 5) is 19.7. The van der Waals surface area contributed by atoms with Crippen LogP contribution >= 0.6 is 11.3 Å². The smallest absolute Gasteiger partial charge is 0.263 e. The van der Waals surface area contributed by atoms with Crippen molar-refractivity contribution in [1.29, 1.82) is 0 Å². The number of carbonyl (C=O) groups is 1. The van der Waals surface area contributed by atoms with E-state index in [-0.39, 0.29) is 12.5 Å². The van der Waals surface area contributed by atoms with Crippen LogP contribution in [-0.4, -0.2) is 34.1 Å². The maximum atomic E-state index is 12.8. The lowest BCUT2D eigenvalue weighted by molar-refractivity contribution is -0.138. The molecule has 0 N–H and O–H groups in total. The van der Waals surface area contributed by atoms with Gasteiger partial charge >= 0.3 is 0 Å². The van der Waals surface area contributed by atoms with Crippen molar-refractivity contribution in [2.24, 2.45) is 0 Å². The molecule has 3 aromatic rings. The Balaban J connectivity index is 1.66. The van der Waals surface area contributed by atoms with Crippen molar-refractivity contribution in [2.75, 3.05) is 7.05 Å². The summed E-state index contributed by atoms with van der Waals surface area (Å²) in [6.45, 7) is 6.18. The summed E-state index contributed by atoms with van der Waals surface area (Å²) in [7, 11) is 1.71. The molecule has 1 amide bonds. The first-order chi connectivity index (χ1) is 13.0. The van der Waals surface area contributed by atoms with E-state index in [1.165, 1.54) is 0 Å². The first-order valence-corrected chi connectivity index (χ1v) is 9.71. The van der Waals surface area contributed by atoms with Crippen molar-refractivity contribution in [3.8, 4) is 16.5 Å². The molecule has 2 aromatic heterocycles. The van der Waals surface area contributed by atoms with Gasteiger partial charge in [-0.2, -0.15) is 4.98 Å². The molecule has 0 spiro atoms. The average Bonchev–Trinajstić information content (AvgIpc) is 3.32. The summed E-state index contributed by atoms with van der Waals surface area (Å²) in [6.07, 6.45) is 0.0110. The fraction of sp³-hybridized carbons (Fsp3) is 0.350. The molecule has 7 heteroatoms. The van der Waals surface area contributed by atoms with Gasteiger partial charge in [0, 0.05) is 7.05 Å². The number of thiophene rings is 1. The van der Waals surface area contributed by atoms with Gasteiger partial charge in [-0.15, -0.1) is 11.3 Å². The number of rotatable bonds is 7. The Bertz CT molecular complexity index is 905. The number of amides is 1. The Hall–Kier alpha value is -2.67. The second-order valence-corrected chi connectivity index (χ2v) is 7.41. The first kappa shape index (κ1) is 19.1. The third kappa shape index (κ3) is 4.54.